The third kappa shape index (κ3) is 4.74. The van der Waals surface area contributed by atoms with Crippen molar-refractivity contribution in [3.63, 3.8) is 0 Å². The minimum absolute atomic E-state index is 0.0607. The van der Waals surface area contributed by atoms with E-state index in [0.717, 1.165) is 35.5 Å². The van der Waals surface area contributed by atoms with E-state index in [0.29, 0.717) is 11.6 Å². The maximum Gasteiger partial charge on any atom is 0.124 e. The highest BCUT2D eigenvalue weighted by Gasteiger charge is 2.05. The van der Waals surface area contributed by atoms with Crippen LogP contribution < -0.4 is 10.1 Å². The van der Waals surface area contributed by atoms with Crippen LogP contribution in [0, 0.1) is 0 Å². The maximum atomic E-state index is 9.03. The van der Waals surface area contributed by atoms with Crippen molar-refractivity contribution in [3.05, 3.63) is 64.2 Å². The summed E-state index contributed by atoms with van der Waals surface area (Å²) in [6.07, 6.45) is 0. The fourth-order valence-electron chi connectivity index (χ4n) is 1.99. The third-order valence-electron chi connectivity index (χ3n) is 3.19. The highest BCUT2D eigenvalue weighted by atomic mass is 35.5. The van der Waals surface area contributed by atoms with Crippen molar-refractivity contribution in [1.29, 1.82) is 0 Å². The van der Waals surface area contributed by atoms with Crippen molar-refractivity contribution >= 4 is 11.6 Å². The lowest BCUT2D eigenvalue weighted by Gasteiger charge is -2.12. The number of ether oxygens (including phenoxy) is 1. The van der Waals surface area contributed by atoms with Gasteiger partial charge in [-0.05, 0) is 35.9 Å². The van der Waals surface area contributed by atoms with E-state index in [9.17, 15) is 0 Å². The summed E-state index contributed by atoms with van der Waals surface area (Å²) >= 11 is 6.04. The van der Waals surface area contributed by atoms with Crippen LogP contribution in [0.15, 0.2) is 42.5 Å². The molecule has 0 saturated carbocycles. The summed E-state index contributed by atoms with van der Waals surface area (Å²) in [7, 11) is 0. The lowest BCUT2D eigenvalue weighted by molar-refractivity contribution is 0.281. The summed E-state index contributed by atoms with van der Waals surface area (Å²) in [6, 6.07) is 13.4. The molecule has 4 heteroatoms. The molecule has 0 aliphatic rings. The molecular weight excluding hydrogens is 286 g/mol. The summed E-state index contributed by atoms with van der Waals surface area (Å²) in [5.41, 5.74) is 3.02. The Bertz CT molecular complexity index is 570. The largest absolute Gasteiger partial charge is 0.489 e. The van der Waals surface area contributed by atoms with E-state index >= 15 is 0 Å². The average molecular weight is 306 g/mol. The van der Waals surface area contributed by atoms with Gasteiger partial charge in [0.05, 0.1) is 6.61 Å². The molecule has 0 spiro atoms. The van der Waals surface area contributed by atoms with Crippen LogP contribution in [0.4, 0.5) is 0 Å². The lowest BCUT2D eigenvalue weighted by Crippen LogP contribution is -2.13. The van der Waals surface area contributed by atoms with Gasteiger partial charge in [-0.1, -0.05) is 42.8 Å². The van der Waals surface area contributed by atoms with E-state index in [2.05, 4.69) is 12.2 Å². The molecule has 0 saturated heterocycles. The number of rotatable bonds is 7. The highest BCUT2D eigenvalue weighted by molar-refractivity contribution is 6.30. The summed E-state index contributed by atoms with van der Waals surface area (Å²) in [5.74, 6) is 0.839. The predicted molar refractivity (Wildman–Crippen MR) is 85.5 cm³/mol. The molecular formula is C17H20ClNO2. The van der Waals surface area contributed by atoms with Gasteiger partial charge in [0.1, 0.15) is 12.4 Å². The monoisotopic (exact) mass is 305 g/mol. The number of aliphatic hydroxyl groups is 1. The SMILES string of the molecule is CCNCc1cc(Cl)ccc1OCc1ccc(CO)cc1. The first-order chi connectivity index (χ1) is 10.2. The minimum Gasteiger partial charge on any atom is -0.489 e. The van der Waals surface area contributed by atoms with Gasteiger partial charge >= 0.3 is 0 Å². The first-order valence-electron chi connectivity index (χ1n) is 7.03. The minimum atomic E-state index is 0.0607. The molecule has 0 amide bonds. The number of halogens is 1. The standard InChI is InChI=1S/C17H20ClNO2/c1-2-19-10-15-9-16(18)7-8-17(15)21-12-14-5-3-13(11-20)4-6-14/h3-9,19-20H,2,10-12H2,1H3. The quantitative estimate of drug-likeness (QED) is 0.822. The molecule has 0 heterocycles. The van der Waals surface area contributed by atoms with Crippen LogP contribution in [-0.2, 0) is 19.8 Å². The van der Waals surface area contributed by atoms with E-state index in [-0.39, 0.29) is 6.61 Å². The Hall–Kier alpha value is -1.55. The van der Waals surface area contributed by atoms with Crippen molar-refractivity contribution < 1.29 is 9.84 Å². The zero-order valence-corrected chi connectivity index (χ0v) is 12.9. The van der Waals surface area contributed by atoms with E-state index in [1.54, 1.807) is 0 Å². The Kier molecular flexibility index (Phi) is 6.05. The van der Waals surface area contributed by atoms with Crippen LogP contribution in [0.2, 0.25) is 5.02 Å². The Balaban J connectivity index is 2.04. The third-order valence-corrected chi connectivity index (χ3v) is 3.42. The number of hydrogen-bond acceptors (Lipinski definition) is 3. The molecule has 0 aliphatic heterocycles. The van der Waals surface area contributed by atoms with Gasteiger partial charge < -0.3 is 15.2 Å². The summed E-state index contributed by atoms with van der Waals surface area (Å²) < 4.78 is 5.89. The van der Waals surface area contributed by atoms with Crippen LogP contribution in [0.5, 0.6) is 5.75 Å². The molecule has 2 rings (SSSR count). The van der Waals surface area contributed by atoms with Crippen LogP contribution in [0.25, 0.3) is 0 Å². The molecule has 0 aliphatic carbocycles. The molecule has 21 heavy (non-hydrogen) atoms. The molecule has 0 fully saturated rings. The first kappa shape index (κ1) is 15.8. The fraction of sp³-hybridized carbons (Fsp3) is 0.294. The van der Waals surface area contributed by atoms with Crippen molar-refractivity contribution in [3.8, 4) is 5.75 Å². The molecule has 3 nitrogen and oxygen atoms in total. The average Bonchev–Trinajstić information content (AvgIpc) is 2.52. The smallest absolute Gasteiger partial charge is 0.124 e. The second-order valence-electron chi connectivity index (χ2n) is 4.80. The Morgan fingerprint density at radius 2 is 1.81 bits per heavy atom. The summed E-state index contributed by atoms with van der Waals surface area (Å²) in [5, 5.41) is 13.0. The number of nitrogens with one attached hydrogen (secondary N) is 1. The molecule has 0 radical (unpaired) electrons. The second kappa shape index (κ2) is 8.03. The predicted octanol–water partition coefficient (Wildman–Crippen LogP) is 3.52. The first-order valence-corrected chi connectivity index (χ1v) is 7.41. The molecule has 112 valence electrons. The fourth-order valence-corrected chi connectivity index (χ4v) is 2.18. The van der Waals surface area contributed by atoms with Gasteiger partial charge in [0, 0.05) is 17.1 Å². The Morgan fingerprint density at radius 1 is 1.10 bits per heavy atom. The van der Waals surface area contributed by atoms with Crippen LogP contribution >= 0.6 is 11.6 Å². The zero-order valence-electron chi connectivity index (χ0n) is 12.1. The van der Waals surface area contributed by atoms with Gasteiger partial charge in [-0.25, -0.2) is 0 Å². The molecule has 2 N–H and O–H groups in total. The zero-order chi connectivity index (χ0) is 15.1. The van der Waals surface area contributed by atoms with Gasteiger partial charge in [-0.15, -0.1) is 0 Å². The van der Waals surface area contributed by atoms with Crippen molar-refractivity contribution in [2.45, 2.75) is 26.7 Å². The van der Waals surface area contributed by atoms with Crippen LogP contribution in [-0.4, -0.2) is 11.7 Å². The number of benzene rings is 2. The second-order valence-corrected chi connectivity index (χ2v) is 5.23. The molecule has 0 unspecified atom stereocenters. The van der Waals surface area contributed by atoms with Gasteiger partial charge in [-0.2, -0.15) is 0 Å². The van der Waals surface area contributed by atoms with Crippen molar-refractivity contribution in [1.82, 2.24) is 5.32 Å². The maximum absolute atomic E-state index is 9.03. The van der Waals surface area contributed by atoms with Gasteiger partial charge in [0.2, 0.25) is 0 Å². The normalized spacial score (nSPS) is 10.6. The van der Waals surface area contributed by atoms with E-state index in [1.807, 2.05) is 42.5 Å². The van der Waals surface area contributed by atoms with E-state index in [1.165, 1.54) is 0 Å². The van der Waals surface area contributed by atoms with Crippen LogP contribution in [0.3, 0.4) is 0 Å². The van der Waals surface area contributed by atoms with Crippen LogP contribution in [0.1, 0.15) is 23.6 Å². The highest BCUT2D eigenvalue weighted by Crippen LogP contribution is 2.24. The molecule has 0 bridgehead atoms. The Labute approximate surface area is 130 Å². The van der Waals surface area contributed by atoms with Crippen molar-refractivity contribution in [2.75, 3.05) is 6.54 Å². The van der Waals surface area contributed by atoms with Crippen molar-refractivity contribution in [2.24, 2.45) is 0 Å². The lowest BCUT2D eigenvalue weighted by atomic mass is 10.1. The molecule has 2 aromatic carbocycles. The van der Waals surface area contributed by atoms with Gasteiger partial charge in [-0.3, -0.25) is 0 Å². The summed E-state index contributed by atoms with van der Waals surface area (Å²) in [6.45, 7) is 4.25. The number of aliphatic hydroxyl groups excluding tert-OH is 1. The van der Waals surface area contributed by atoms with Gasteiger partial charge in [0.15, 0.2) is 0 Å². The van der Waals surface area contributed by atoms with E-state index in [4.69, 9.17) is 21.4 Å². The van der Waals surface area contributed by atoms with E-state index < -0.39 is 0 Å². The van der Waals surface area contributed by atoms with Gasteiger partial charge in [0.25, 0.3) is 0 Å². The molecule has 0 aromatic heterocycles. The summed E-state index contributed by atoms with van der Waals surface area (Å²) in [4.78, 5) is 0. The number of hydrogen-bond donors (Lipinski definition) is 2. The molecule has 2 aromatic rings. The topological polar surface area (TPSA) is 41.5 Å². The Morgan fingerprint density at radius 3 is 2.48 bits per heavy atom. The molecule has 0 atom stereocenters.